The highest BCUT2D eigenvalue weighted by Gasteiger charge is 2.11. The lowest BCUT2D eigenvalue weighted by atomic mass is 10.2. The Balaban J connectivity index is 1.99. The molecule has 3 heterocycles. The van der Waals surface area contributed by atoms with Gasteiger partial charge in [0.2, 0.25) is 0 Å². The summed E-state index contributed by atoms with van der Waals surface area (Å²) in [7, 11) is 0. The maximum atomic E-state index is 13.2. The maximum Gasteiger partial charge on any atom is 0.276 e. The van der Waals surface area contributed by atoms with Crippen LogP contribution in [0.5, 0.6) is 0 Å². The molecule has 0 aliphatic rings. The van der Waals surface area contributed by atoms with Crippen LogP contribution in [0.15, 0.2) is 39.8 Å². The zero-order valence-corrected chi connectivity index (χ0v) is 10.9. The van der Waals surface area contributed by atoms with Crippen molar-refractivity contribution in [3.05, 3.63) is 51.2 Å². The van der Waals surface area contributed by atoms with E-state index in [2.05, 4.69) is 15.0 Å². The van der Waals surface area contributed by atoms with Gasteiger partial charge in [-0.15, -0.1) is 11.3 Å². The van der Waals surface area contributed by atoms with Crippen LogP contribution in [0.1, 0.15) is 0 Å². The van der Waals surface area contributed by atoms with E-state index in [0.29, 0.717) is 16.8 Å². The second-order valence-corrected chi connectivity index (χ2v) is 5.24. The van der Waals surface area contributed by atoms with E-state index in [4.69, 9.17) is 0 Å². The molecule has 20 heavy (non-hydrogen) atoms. The summed E-state index contributed by atoms with van der Waals surface area (Å²) in [6.45, 7) is 0. The molecule has 4 aromatic rings. The van der Waals surface area contributed by atoms with Crippen molar-refractivity contribution in [2.45, 2.75) is 0 Å². The molecule has 0 fully saturated rings. The molecule has 0 aliphatic heterocycles. The standard InChI is InChI=1S/C14H8FN3OS/c15-8-1-2-9-7(3-8)4-10(16-9)13-14(19)18-12-6-20-5-11(12)17-13/h1-6,16H,(H,18,19). The van der Waals surface area contributed by atoms with Crippen LogP contribution in [0.4, 0.5) is 4.39 Å². The average Bonchev–Trinajstić information content (AvgIpc) is 3.02. The summed E-state index contributed by atoms with van der Waals surface area (Å²) in [5, 5.41) is 4.43. The number of H-pyrrole nitrogens is 2. The van der Waals surface area contributed by atoms with Gasteiger partial charge in [-0.3, -0.25) is 4.79 Å². The molecule has 0 saturated carbocycles. The number of fused-ring (bicyclic) bond motifs is 2. The molecule has 0 bridgehead atoms. The molecular formula is C14H8FN3OS. The van der Waals surface area contributed by atoms with Crippen molar-refractivity contribution in [1.29, 1.82) is 0 Å². The molecule has 0 spiro atoms. The number of hydrogen-bond acceptors (Lipinski definition) is 3. The van der Waals surface area contributed by atoms with E-state index < -0.39 is 0 Å². The van der Waals surface area contributed by atoms with Gasteiger partial charge in [-0.05, 0) is 24.3 Å². The smallest absolute Gasteiger partial charge is 0.276 e. The van der Waals surface area contributed by atoms with E-state index in [-0.39, 0.29) is 11.4 Å². The van der Waals surface area contributed by atoms with Crippen LogP contribution in [0, 0.1) is 5.82 Å². The van der Waals surface area contributed by atoms with Crippen LogP contribution in [-0.4, -0.2) is 15.0 Å². The fourth-order valence-electron chi connectivity index (χ4n) is 2.24. The number of benzene rings is 1. The first-order valence-corrected chi connectivity index (χ1v) is 6.90. The van der Waals surface area contributed by atoms with Gasteiger partial charge >= 0.3 is 0 Å². The van der Waals surface area contributed by atoms with Gasteiger partial charge < -0.3 is 9.97 Å². The monoisotopic (exact) mass is 285 g/mol. The van der Waals surface area contributed by atoms with E-state index >= 15 is 0 Å². The maximum absolute atomic E-state index is 13.2. The van der Waals surface area contributed by atoms with Gasteiger partial charge in [0.05, 0.1) is 16.7 Å². The number of nitrogens with one attached hydrogen (secondary N) is 2. The van der Waals surface area contributed by atoms with Crippen LogP contribution in [0.2, 0.25) is 0 Å². The minimum Gasteiger partial charge on any atom is -0.353 e. The molecule has 4 nitrogen and oxygen atoms in total. The summed E-state index contributed by atoms with van der Waals surface area (Å²) >= 11 is 1.48. The molecule has 98 valence electrons. The Morgan fingerprint density at radius 2 is 2.00 bits per heavy atom. The number of aromatic amines is 2. The third kappa shape index (κ3) is 1.65. The molecule has 1 aromatic carbocycles. The predicted octanol–water partition coefficient (Wildman–Crippen LogP) is 3.27. The third-order valence-corrected chi connectivity index (χ3v) is 3.91. The number of halogens is 1. The minimum atomic E-state index is -0.307. The molecule has 0 aliphatic carbocycles. The normalized spacial score (nSPS) is 11.4. The zero-order chi connectivity index (χ0) is 13.7. The fourth-order valence-corrected chi connectivity index (χ4v) is 2.93. The number of rotatable bonds is 1. The zero-order valence-electron chi connectivity index (χ0n) is 10.1. The first-order chi connectivity index (χ1) is 9.70. The van der Waals surface area contributed by atoms with Crippen LogP contribution in [0.3, 0.4) is 0 Å². The number of aromatic nitrogens is 3. The van der Waals surface area contributed by atoms with Gasteiger partial charge in [-0.25, -0.2) is 9.37 Å². The SMILES string of the molecule is O=c1[nH]c2cscc2nc1-c1cc2cc(F)ccc2[nH]1. The second-order valence-electron chi connectivity index (χ2n) is 4.50. The molecule has 0 amide bonds. The highest BCUT2D eigenvalue weighted by atomic mass is 32.1. The van der Waals surface area contributed by atoms with Crippen molar-refractivity contribution in [3.63, 3.8) is 0 Å². The molecular weight excluding hydrogens is 277 g/mol. The Morgan fingerprint density at radius 1 is 1.10 bits per heavy atom. The van der Waals surface area contributed by atoms with Gasteiger partial charge in [0.1, 0.15) is 5.82 Å². The minimum absolute atomic E-state index is 0.261. The molecule has 0 atom stereocenters. The predicted molar refractivity (Wildman–Crippen MR) is 77.5 cm³/mol. The lowest BCUT2D eigenvalue weighted by molar-refractivity contribution is 0.630. The molecule has 3 aromatic heterocycles. The van der Waals surface area contributed by atoms with Gasteiger partial charge in [0, 0.05) is 21.7 Å². The summed E-state index contributed by atoms with van der Waals surface area (Å²) < 4.78 is 13.2. The summed E-state index contributed by atoms with van der Waals surface area (Å²) in [6.07, 6.45) is 0. The molecule has 6 heteroatoms. The highest BCUT2D eigenvalue weighted by molar-refractivity contribution is 7.09. The number of thiophene rings is 1. The van der Waals surface area contributed by atoms with E-state index in [1.807, 2.05) is 10.8 Å². The van der Waals surface area contributed by atoms with Gasteiger partial charge in [-0.2, -0.15) is 0 Å². The van der Waals surface area contributed by atoms with Crippen LogP contribution in [0.25, 0.3) is 33.3 Å². The molecule has 4 rings (SSSR count). The lowest BCUT2D eigenvalue weighted by Gasteiger charge is -1.96. The van der Waals surface area contributed by atoms with Crippen molar-refractivity contribution in [2.24, 2.45) is 0 Å². The van der Waals surface area contributed by atoms with Crippen LogP contribution in [-0.2, 0) is 0 Å². The van der Waals surface area contributed by atoms with Crippen molar-refractivity contribution in [2.75, 3.05) is 0 Å². The average molecular weight is 285 g/mol. The van der Waals surface area contributed by atoms with Crippen LogP contribution < -0.4 is 5.56 Å². The quantitative estimate of drug-likeness (QED) is 0.564. The summed E-state index contributed by atoms with van der Waals surface area (Å²) in [5.74, 6) is -0.307. The first-order valence-electron chi connectivity index (χ1n) is 5.95. The number of hydrogen-bond donors (Lipinski definition) is 2. The Kier molecular flexibility index (Phi) is 2.28. The van der Waals surface area contributed by atoms with Crippen molar-refractivity contribution in [3.8, 4) is 11.4 Å². The number of nitrogens with zero attached hydrogens (tertiary/aromatic N) is 1. The first kappa shape index (κ1) is 11.4. The van der Waals surface area contributed by atoms with E-state index in [9.17, 15) is 9.18 Å². The van der Waals surface area contributed by atoms with Crippen LogP contribution >= 0.6 is 11.3 Å². The van der Waals surface area contributed by atoms with Crippen molar-refractivity contribution < 1.29 is 4.39 Å². The van der Waals surface area contributed by atoms with Gasteiger partial charge in [-0.1, -0.05) is 0 Å². The Labute approximate surface area is 115 Å². The van der Waals surface area contributed by atoms with E-state index in [1.54, 1.807) is 12.1 Å². The largest absolute Gasteiger partial charge is 0.353 e. The van der Waals surface area contributed by atoms with Gasteiger partial charge in [0.15, 0.2) is 5.69 Å². The molecule has 0 radical (unpaired) electrons. The lowest BCUT2D eigenvalue weighted by Crippen LogP contribution is -2.10. The van der Waals surface area contributed by atoms with Gasteiger partial charge in [0.25, 0.3) is 5.56 Å². The summed E-state index contributed by atoms with van der Waals surface area (Å²) in [5.41, 5.74) is 2.88. The van der Waals surface area contributed by atoms with E-state index in [0.717, 1.165) is 16.6 Å². The fraction of sp³-hybridized carbons (Fsp3) is 0. The summed E-state index contributed by atoms with van der Waals surface area (Å²) in [6, 6.07) is 6.18. The summed E-state index contributed by atoms with van der Waals surface area (Å²) in [4.78, 5) is 22.3. The Bertz CT molecular complexity index is 998. The van der Waals surface area contributed by atoms with Crippen molar-refractivity contribution >= 4 is 33.3 Å². The third-order valence-electron chi connectivity index (χ3n) is 3.17. The molecule has 2 N–H and O–H groups in total. The topological polar surface area (TPSA) is 61.5 Å². The molecule has 0 unspecified atom stereocenters. The Hall–Kier alpha value is -2.47. The Morgan fingerprint density at radius 3 is 2.90 bits per heavy atom. The van der Waals surface area contributed by atoms with Crippen molar-refractivity contribution in [1.82, 2.24) is 15.0 Å². The van der Waals surface area contributed by atoms with E-state index in [1.165, 1.54) is 23.5 Å². The second kappa shape index (κ2) is 4.01. The molecule has 0 saturated heterocycles. The highest BCUT2D eigenvalue weighted by Crippen LogP contribution is 2.23.